The fourth-order valence-corrected chi connectivity index (χ4v) is 0.823. The Hall–Kier alpha value is -0.390. The molecule has 0 atom stereocenters. The third-order valence-electron chi connectivity index (χ3n) is 0.903. The summed E-state index contributed by atoms with van der Waals surface area (Å²) in [6, 6.07) is 2.81. The SMILES string of the molecule is Fc1ccc(OCI)nc1. The zero-order valence-electron chi connectivity index (χ0n) is 5.05. The molecule has 54 valence electrons. The number of rotatable bonds is 2. The summed E-state index contributed by atoms with van der Waals surface area (Å²) in [6.45, 7) is 0. The van der Waals surface area contributed by atoms with Crippen molar-refractivity contribution >= 4 is 22.6 Å². The fraction of sp³-hybridized carbons (Fsp3) is 0.167. The Balaban J connectivity index is 2.69. The maximum Gasteiger partial charge on any atom is 0.214 e. The highest BCUT2D eigenvalue weighted by Crippen LogP contribution is 2.06. The van der Waals surface area contributed by atoms with E-state index in [1.54, 1.807) is 0 Å². The number of nitrogens with zero attached hydrogens (tertiary/aromatic N) is 1. The summed E-state index contributed by atoms with van der Waals surface area (Å²) in [6.07, 6.45) is 1.13. The average Bonchev–Trinajstić information content (AvgIpc) is 1.95. The Morgan fingerprint density at radius 1 is 1.60 bits per heavy atom. The first-order chi connectivity index (χ1) is 4.83. The maximum absolute atomic E-state index is 12.2. The van der Waals surface area contributed by atoms with Crippen molar-refractivity contribution in [3.05, 3.63) is 24.1 Å². The first kappa shape index (κ1) is 7.71. The monoisotopic (exact) mass is 253 g/mol. The largest absolute Gasteiger partial charge is 0.467 e. The minimum atomic E-state index is -0.346. The predicted molar refractivity (Wildman–Crippen MR) is 43.7 cm³/mol. The molecule has 0 amide bonds. The number of aromatic nitrogens is 1. The summed E-state index contributed by atoms with van der Waals surface area (Å²) < 4.78 is 17.7. The van der Waals surface area contributed by atoms with E-state index in [1.807, 2.05) is 22.6 Å². The fourth-order valence-electron chi connectivity index (χ4n) is 0.504. The molecule has 0 saturated heterocycles. The van der Waals surface area contributed by atoms with Crippen molar-refractivity contribution in [1.29, 1.82) is 0 Å². The Kier molecular flexibility index (Phi) is 2.85. The van der Waals surface area contributed by atoms with Crippen LogP contribution in [0, 0.1) is 5.82 Å². The molecule has 4 heteroatoms. The number of hydrogen-bond acceptors (Lipinski definition) is 2. The molecule has 1 aromatic heterocycles. The summed E-state index contributed by atoms with van der Waals surface area (Å²) in [5.41, 5.74) is 0. The lowest BCUT2D eigenvalue weighted by Crippen LogP contribution is -1.90. The van der Waals surface area contributed by atoms with E-state index >= 15 is 0 Å². The normalized spacial score (nSPS) is 9.40. The van der Waals surface area contributed by atoms with Crippen molar-refractivity contribution < 1.29 is 9.13 Å². The van der Waals surface area contributed by atoms with Crippen LogP contribution in [0.25, 0.3) is 0 Å². The molecule has 0 aliphatic carbocycles. The van der Waals surface area contributed by atoms with Crippen LogP contribution in [0.15, 0.2) is 18.3 Å². The van der Waals surface area contributed by atoms with Gasteiger partial charge in [0.1, 0.15) is 10.4 Å². The Labute approximate surface area is 71.6 Å². The quantitative estimate of drug-likeness (QED) is 0.594. The van der Waals surface area contributed by atoms with Crippen LogP contribution in [0.5, 0.6) is 5.88 Å². The molecule has 0 bridgehead atoms. The third kappa shape index (κ3) is 2.09. The Morgan fingerprint density at radius 2 is 2.40 bits per heavy atom. The van der Waals surface area contributed by atoms with Gasteiger partial charge in [0.05, 0.1) is 6.20 Å². The van der Waals surface area contributed by atoms with Gasteiger partial charge in [-0.05, 0) is 28.7 Å². The van der Waals surface area contributed by atoms with Gasteiger partial charge >= 0.3 is 0 Å². The average molecular weight is 253 g/mol. The molecule has 10 heavy (non-hydrogen) atoms. The summed E-state index contributed by atoms with van der Waals surface area (Å²) >= 11 is 2.04. The van der Waals surface area contributed by atoms with E-state index in [0.717, 1.165) is 6.20 Å². The second-order valence-electron chi connectivity index (χ2n) is 1.57. The molecule has 0 spiro atoms. The van der Waals surface area contributed by atoms with Gasteiger partial charge in [0.25, 0.3) is 0 Å². The minimum absolute atomic E-state index is 0.346. The van der Waals surface area contributed by atoms with Crippen molar-refractivity contribution in [3.8, 4) is 5.88 Å². The van der Waals surface area contributed by atoms with Crippen LogP contribution in [0.3, 0.4) is 0 Å². The van der Waals surface area contributed by atoms with E-state index in [1.165, 1.54) is 12.1 Å². The van der Waals surface area contributed by atoms with Crippen LogP contribution in [-0.2, 0) is 0 Å². The number of hydrogen-bond donors (Lipinski definition) is 0. The number of halogens is 2. The summed E-state index contributed by atoms with van der Waals surface area (Å²) in [5.74, 6) is 0.108. The zero-order valence-corrected chi connectivity index (χ0v) is 7.21. The summed E-state index contributed by atoms with van der Waals surface area (Å²) in [4.78, 5) is 3.67. The minimum Gasteiger partial charge on any atom is -0.467 e. The molecule has 0 radical (unpaired) electrons. The van der Waals surface area contributed by atoms with Gasteiger partial charge in [-0.15, -0.1) is 0 Å². The Morgan fingerprint density at radius 3 is 2.90 bits per heavy atom. The van der Waals surface area contributed by atoms with Crippen molar-refractivity contribution in [2.24, 2.45) is 0 Å². The summed E-state index contributed by atoms with van der Waals surface area (Å²) in [7, 11) is 0. The van der Waals surface area contributed by atoms with Crippen LogP contribution in [-0.4, -0.2) is 9.60 Å². The number of ether oxygens (including phenoxy) is 1. The lowest BCUT2D eigenvalue weighted by molar-refractivity contribution is 0.386. The first-order valence-electron chi connectivity index (χ1n) is 2.63. The summed E-state index contributed by atoms with van der Waals surface area (Å²) in [5, 5.41) is 0. The van der Waals surface area contributed by atoms with Crippen LogP contribution in [0.4, 0.5) is 4.39 Å². The van der Waals surface area contributed by atoms with E-state index in [2.05, 4.69) is 4.98 Å². The predicted octanol–water partition coefficient (Wildman–Crippen LogP) is 1.99. The first-order valence-corrected chi connectivity index (χ1v) is 4.16. The van der Waals surface area contributed by atoms with Crippen molar-refractivity contribution in [3.63, 3.8) is 0 Å². The number of alkyl halides is 1. The van der Waals surface area contributed by atoms with Gasteiger partial charge in [0, 0.05) is 6.07 Å². The van der Waals surface area contributed by atoms with Gasteiger partial charge in [-0.2, -0.15) is 0 Å². The van der Waals surface area contributed by atoms with Crippen LogP contribution < -0.4 is 4.74 Å². The van der Waals surface area contributed by atoms with Gasteiger partial charge in [-0.25, -0.2) is 9.37 Å². The lowest BCUT2D eigenvalue weighted by atomic mass is 10.5. The smallest absolute Gasteiger partial charge is 0.214 e. The highest BCUT2D eigenvalue weighted by molar-refractivity contribution is 14.1. The lowest BCUT2D eigenvalue weighted by Gasteiger charge is -1.97. The maximum atomic E-state index is 12.2. The molecule has 0 aliphatic heterocycles. The Bertz CT molecular complexity index is 201. The zero-order chi connectivity index (χ0) is 7.40. The van der Waals surface area contributed by atoms with E-state index in [9.17, 15) is 4.39 Å². The molecule has 1 aromatic rings. The topological polar surface area (TPSA) is 22.1 Å². The van der Waals surface area contributed by atoms with Gasteiger partial charge in [0.15, 0.2) is 0 Å². The highest BCUT2D eigenvalue weighted by atomic mass is 127. The van der Waals surface area contributed by atoms with Gasteiger partial charge in [-0.3, -0.25) is 0 Å². The second-order valence-corrected chi connectivity index (χ2v) is 2.19. The molecule has 1 rings (SSSR count). The van der Waals surface area contributed by atoms with Gasteiger partial charge in [0.2, 0.25) is 5.88 Å². The van der Waals surface area contributed by atoms with Crippen molar-refractivity contribution in [2.45, 2.75) is 0 Å². The van der Waals surface area contributed by atoms with Crippen LogP contribution in [0.2, 0.25) is 0 Å². The molecule has 0 fully saturated rings. The van der Waals surface area contributed by atoms with Crippen molar-refractivity contribution in [2.75, 3.05) is 4.61 Å². The van der Waals surface area contributed by atoms with Gasteiger partial charge in [-0.1, -0.05) is 0 Å². The third-order valence-corrected chi connectivity index (χ3v) is 1.21. The standard InChI is InChI=1S/C6H5FINO/c7-5-1-2-6(9-3-5)10-4-8/h1-3H,4H2. The van der Waals surface area contributed by atoms with E-state index in [0.29, 0.717) is 10.5 Å². The second kappa shape index (κ2) is 3.70. The molecule has 0 unspecified atom stereocenters. The number of pyridine rings is 1. The molecule has 0 aliphatic rings. The molecule has 2 nitrogen and oxygen atoms in total. The van der Waals surface area contributed by atoms with E-state index in [-0.39, 0.29) is 5.82 Å². The molecular weight excluding hydrogens is 248 g/mol. The van der Waals surface area contributed by atoms with Crippen molar-refractivity contribution in [1.82, 2.24) is 4.98 Å². The molecule has 0 saturated carbocycles. The molecular formula is C6H5FINO. The van der Waals surface area contributed by atoms with Crippen LogP contribution >= 0.6 is 22.6 Å². The molecule has 0 N–H and O–H groups in total. The van der Waals surface area contributed by atoms with E-state index in [4.69, 9.17) is 4.74 Å². The molecule has 1 heterocycles. The highest BCUT2D eigenvalue weighted by Gasteiger charge is 1.92. The molecule has 0 aromatic carbocycles. The van der Waals surface area contributed by atoms with E-state index < -0.39 is 0 Å². The van der Waals surface area contributed by atoms with Gasteiger partial charge < -0.3 is 4.74 Å². The van der Waals surface area contributed by atoms with Crippen LogP contribution in [0.1, 0.15) is 0 Å².